The number of benzene rings is 1. The van der Waals surface area contributed by atoms with Crippen molar-refractivity contribution in [2.75, 3.05) is 11.4 Å². The molecule has 1 aromatic carbocycles. The van der Waals surface area contributed by atoms with Gasteiger partial charge in [-0.2, -0.15) is 13.2 Å². The van der Waals surface area contributed by atoms with Gasteiger partial charge in [-0.15, -0.1) is 0 Å². The maximum absolute atomic E-state index is 12.5. The number of Topliss-reactive ketones (excluding diaryl/α,β-unsaturated/α-hetero) is 1. The van der Waals surface area contributed by atoms with Gasteiger partial charge in [-0.3, -0.25) is 4.79 Å². The lowest BCUT2D eigenvalue weighted by Gasteiger charge is -2.28. The zero-order valence-corrected chi connectivity index (χ0v) is 10.2. The van der Waals surface area contributed by atoms with Crippen molar-refractivity contribution in [3.63, 3.8) is 0 Å². The van der Waals surface area contributed by atoms with Crippen LogP contribution in [0.15, 0.2) is 53.8 Å². The number of alkyl halides is 3. The third kappa shape index (κ3) is 2.70. The van der Waals surface area contributed by atoms with Gasteiger partial charge >= 0.3 is 6.18 Å². The zero-order valence-electron chi connectivity index (χ0n) is 10.2. The van der Waals surface area contributed by atoms with Crippen molar-refractivity contribution in [3.05, 3.63) is 53.8 Å². The number of hydrogen-bond donors (Lipinski definition) is 0. The van der Waals surface area contributed by atoms with Gasteiger partial charge in [0.15, 0.2) is 0 Å². The van der Waals surface area contributed by atoms with Crippen LogP contribution in [0.25, 0.3) is 0 Å². The summed E-state index contributed by atoms with van der Waals surface area (Å²) in [5.41, 5.74) is 0.774. The Bertz CT molecular complexity index is 544. The van der Waals surface area contributed by atoms with E-state index < -0.39 is 12.0 Å². The van der Waals surface area contributed by atoms with Crippen molar-refractivity contribution < 1.29 is 18.0 Å². The number of allylic oxidation sites excluding steroid dienone is 3. The van der Waals surface area contributed by atoms with E-state index in [1.807, 2.05) is 6.07 Å². The van der Waals surface area contributed by atoms with Crippen molar-refractivity contribution >= 4 is 11.5 Å². The van der Waals surface area contributed by atoms with E-state index in [0.29, 0.717) is 12.2 Å². The van der Waals surface area contributed by atoms with Crippen LogP contribution >= 0.6 is 0 Å². The van der Waals surface area contributed by atoms with E-state index in [9.17, 15) is 18.0 Å². The number of para-hydroxylation sites is 1. The van der Waals surface area contributed by atoms with Crippen LogP contribution in [-0.4, -0.2) is 18.5 Å². The molecule has 0 saturated carbocycles. The number of halogens is 3. The van der Waals surface area contributed by atoms with Gasteiger partial charge in [0.1, 0.15) is 0 Å². The van der Waals surface area contributed by atoms with Crippen molar-refractivity contribution in [2.45, 2.75) is 13.1 Å². The number of hydrogen-bond acceptors (Lipinski definition) is 2. The molecule has 1 heterocycles. The van der Waals surface area contributed by atoms with E-state index in [-0.39, 0.29) is 5.57 Å². The highest BCUT2D eigenvalue weighted by Crippen LogP contribution is 2.29. The van der Waals surface area contributed by atoms with Gasteiger partial charge in [0.05, 0.1) is 0 Å². The van der Waals surface area contributed by atoms with E-state index in [2.05, 4.69) is 0 Å². The first-order valence-corrected chi connectivity index (χ1v) is 5.73. The van der Waals surface area contributed by atoms with E-state index in [0.717, 1.165) is 5.69 Å². The Morgan fingerprint density at radius 1 is 1.21 bits per heavy atom. The predicted octanol–water partition coefficient (Wildman–Crippen LogP) is 3.47. The second-order valence-electron chi connectivity index (χ2n) is 4.17. The molecular weight excluding hydrogens is 255 g/mol. The number of nitrogens with zero attached hydrogens (tertiary/aromatic N) is 1. The summed E-state index contributed by atoms with van der Waals surface area (Å²) in [5.74, 6) is -1.80. The summed E-state index contributed by atoms with van der Waals surface area (Å²) in [6.07, 6.45) is -2.05. The largest absolute Gasteiger partial charge is 0.454 e. The van der Waals surface area contributed by atoms with Gasteiger partial charge in [-0.25, -0.2) is 0 Å². The minimum absolute atomic E-state index is 0.303. The third-order valence-electron chi connectivity index (χ3n) is 2.94. The van der Waals surface area contributed by atoms with Crippen LogP contribution < -0.4 is 4.90 Å². The van der Waals surface area contributed by atoms with Gasteiger partial charge in [-0.05, 0) is 19.1 Å². The molecule has 0 radical (unpaired) electrons. The lowest BCUT2D eigenvalue weighted by Crippen LogP contribution is -2.31. The molecule has 1 aliphatic heterocycles. The Morgan fingerprint density at radius 3 is 2.42 bits per heavy atom. The highest BCUT2D eigenvalue weighted by molar-refractivity contribution is 6.03. The van der Waals surface area contributed by atoms with Gasteiger partial charge in [-0.1, -0.05) is 30.4 Å². The number of ketones is 1. The first kappa shape index (κ1) is 13.4. The van der Waals surface area contributed by atoms with Crippen molar-refractivity contribution in [1.82, 2.24) is 0 Å². The summed E-state index contributed by atoms with van der Waals surface area (Å²) in [5, 5.41) is 0. The summed E-state index contributed by atoms with van der Waals surface area (Å²) in [7, 11) is 0. The molecule has 0 amide bonds. The first-order chi connectivity index (χ1) is 8.91. The van der Waals surface area contributed by atoms with Gasteiger partial charge in [0.25, 0.3) is 5.78 Å². The third-order valence-corrected chi connectivity index (χ3v) is 2.94. The molecule has 5 heteroatoms. The molecule has 0 spiro atoms. The quantitative estimate of drug-likeness (QED) is 0.817. The highest BCUT2D eigenvalue weighted by atomic mass is 19.4. The van der Waals surface area contributed by atoms with Crippen LogP contribution in [0.3, 0.4) is 0 Å². The van der Waals surface area contributed by atoms with E-state index in [1.165, 1.54) is 13.0 Å². The molecule has 19 heavy (non-hydrogen) atoms. The molecule has 0 aromatic heterocycles. The smallest absolute Gasteiger partial charge is 0.341 e. The van der Waals surface area contributed by atoms with E-state index in [1.54, 1.807) is 35.2 Å². The monoisotopic (exact) mass is 267 g/mol. The minimum atomic E-state index is -4.85. The maximum Gasteiger partial charge on any atom is 0.454 e. The standard InChI is InChI=1S/C14H12F3NO/c1-10-12(13(19)14(15,16)17)8-5-9-18(10)11-6-3-2-4-7-11/h2-8H,9H2,1H3. The predicted molar refractivity (Wildman–Crippen MR) is 66.7 cm³/mol. The second kappa shape index (κ2) is 4.91. The fourth-order valence-corrected chi connectivity index (χ4v) is 1.98. The van der Waals surface area contributed by atoms with E-state index in [4.69, 9.17) is 0 Å². The highest BCUT2D eigenvalue weighted by Gasteiger charge is 2.41. The van der Waals surface area contributed by atoms with Gasteiger partial charge in [0.2, 0.25) is 0 Å². The SMILES string of the molecule is CC1=C(C(=O)C(F)(F)F)C=CCN1c1ccccc1. The molecule has 0 saturated heterocycles. The number of carbonyl (C=O) groups is 1. The summed E-state index contributed by atoms with van der Waals surface area (Å²) in [4.78, 5) is 13.0. The minimum Gasteiger partial charge on any atom is -0.341 e. The number of anilines is 1. The van der Waals surface area contributed by atoms with Crippen LogP contribution in [0.5, 0.6) is 0 Å². The summed E-state index contributed by atoms with van der Waals surface area (Å²) in [6.45, 7) is 1.97. The molecule has 100 valence electrons. The van der Waals surface area contributed by atoms with E-state index >= 15 is 0 Å². The van der Waals surface area contributed by atoms with Gasteiger partial charge in [0, 0.05) is 23.5 Å². The molecule has 2 rings (SSSR count). The Morgan fingerprint density at radius 2 is 1.84 bits per heavy atom. The van der Waals surface area contributed by atoms with Gasteiger partial charge < -0.3 is 4.90 Å². The number of carbonyl (C=O) groups excluding carboxylic acids is 1. The van der Waals surface area contributed by atoms with Crippen LogP contribution in [0.4, 0.5) is 18.9 Å². The lowest BCUT2D eigenvalue weighted by molar-refractivity contribution is -0.166. The lowest BCUT2D eigenvalue weighted by atomic mass is 10.0. The topological polar surface area (TPSA) is 20.3 Å². The number of rotatable bonds is 2. The molecule has 0 unspecified atom stereocenters. The average Bonchev–Trinajstić information content (AvgIpc) is 2.38. The Labute approximate surface area is 108 Å². The molecule has 0 fully saturated rings. The van der Waals surface area contributed by atoms with Crippen molar-refractivity contribution in [2.24, 2.45) is 0 Å². The molecule has 1 aromatic rings. The Hall–Kier alpha value is -2.04. The molecule has 0 aliphatic carbocycles. The molecule has 0 bridgehead atoms. The maximum atomic E-state index is 12.5. The van der Waals surface area contributed by atoms with Crippen molar-refractivity contribution in [3.8, 4) is 0 Å². The van der Waals surface area contributed by atoms with Crippen LogP contribution in [0, 0.1) is 0 Å². The normalized spacial score (nSPS) is 15.9. The average molecular weight is 267 g/mol. The fraction of sp³-hybridized carbons (Fsp3) is 0.214. The first-order valence-electron chi connectivity index (χ1n) is 5.73. The van der Waals surface area contributed by atoms with Crippen LogP contribution in [0.1, 0.15) is 6.92 Å². The fourth-order valence-electron chi connectivity index (χ4n) is 1.98. The molecule has 0 N–H and O–H groups in total. The second-order valence-corrected chi connectivity index (χ2v) is 4.17. The molecule has 2 nitrogen and oxygen atoms in total. The Kier molecular flexibility index (Phi) is 3.46. The molecule has 0 atom stereocenters. The summed E-state index contributed by atoms with van der Waals surface area (Å²) < 4.78 is 37.5. The van der Waals surface area contributed by atoms with Crippen LogP contribution in [-0.2, 0) is 4.79 Å². The molecular formula is C14H12F3NO. The summed E-state index contributed by atoms with van der Waals surface area (Å²) >= 11 is 0. The Balaban J connectivity index is 2.39. The van der Waals surface area contributed by atoms with Crippen molar-refractivity contribution in [1.29, 1.82) is 0 Å². The van der Waals surface area contributed by atoms with Crippen LogP contribution in [0.2, 0.25) is 0 Å². The zero-order chi connectivity index (χ0) is 14.0. The summed E-state index contributed by atoms with van der Waals surface area (Å²) in [6, 6.07) is 9.00. The molecule has 1 aliphatic rings.